The highest BCUT2D eigenvalue weighted by Crippen LogP contribution is 2.33. The molecular weight excluding hydrogens is 499 g/mol. The van der Waals surface area contributed by atoms with Gasteiger partial charge in [0.1, 0.15) is 11.3 Å². The second-order valence-corrected chi connectivity index (χ2v) is 9.36. The summed E-state index contributed by atoms with van der Waals surface area (Å²) in [5.74, 6) is -0.978. The van der Waals surface area contributed by atoms with Gasteiger partial charge in [-0.1, -0.05) is 52.5 Å². The SMILES string of the molecule is CCOc1cc(/C=C2\C(=O)NC(=O)N(c3ccc(Cl)cc3)C2=O)cc(Cl)c1Cc1cc(C)cc(C)c1. The Morgan fingerprint density at radius 3 is 2.25 bits per heavy atom. The molecule has 36 heavy (non-hydrogen) atoms. The lowest BCUT2D eigenvalue weighted by molar-refractivity contribution is -0.122. The second kappa shape index (κ2) is 10.6. The first kappa shape index (κ1) is 25.5. The maximum Gasteiger partial charge on any atom is 0.335 e. The molecule has 6 nitrogen and oxygen atoms in total. The number of urea groups is 1. The zero-order valence-electron chi connectivity index (χ0n) is 20.0. The van der Waals surface area contributed by atoms with Gasteiger partial charge < -0.3 is 4.74 Å². The average Bonchev–Trinajstić information content (AvgIpc) is 2.79. The standard InChI is InChI=1S/C28H24Cl2N2O4/c1-4-36-25-15-19(14-24(30)22(25)12-18-10-16(2)9-17(3)11-18)13-23-26(33)31-28(35)32(27(23)34)21-7-5-20(29)6-8-21/h5-11,13-15H,4,12H2,1-3H3,(H,31,33,35)/b23-13+. The van der Waals surface area contributed by atoms with Crippen molar-refractivity contribution in [2.24, 2.45) is 0 Å². The Balaban J connectivity index is 1.72. The normalized spacial score (nSPS) is 14.9. The number of barbiturate groups is 1. The Morgan fingerprint density at radius 1 is 0.944 bits per heavy atom. The van der Waals surface area contributed by atoms with E-state index in [0.717, 1.165) is 27.2 Å². The first-order chi connectivity index (χ1) is 17.2. The van der Waals surface area contributed by atoms with Gasteiger partial charge in [-0.25, -0.2) is 9.69 Å². The lowest BCUT2D eigenvalue weighted by Crippen LogP contribution is -2.54. The molecular formula is C28H24Cl2N2O4. The fourth-order valence-electron chi connectivity index (χ4n) is 4.19. The van der Waals surface area contributed by atoms with E-state index in [4.69, 9.17) is 27.9 Å². The van der Waals surface area contributed by atoms with Crippen LogP contribution in [0.3, 0.4) is 0 Å². The molecule has 3 aromatic rings. The van der Waals surface area contributed by atoms with E-state index in [1.54, 1.807) is 24.3 Å². The molecule has 0 bridgehead atoms. The molecule has 1 heterocycles. The van der Waals surface area contributed by atoms with Crippen LogP contribution in [0, 0.1) is 13.8 Å². The Bertz CT molecular complexity index is 1380. The van der Waals surface area contributed by atoms with Crippen LogP contribution < -0.4 is 15.0 Å². The van der Waals surface area contributed by atoms with Crippen LogP contribution in [0.25, 0.3) is 6.08 Å². The number of ether oxygens (including phenoxy) is 1. The molecule has 4 rings (SSSR count). The molecule has 8 heteroatoms. The molecule has 0 saturated carbocycles. The van der Waals surface area contributed by atoms with Gasteiger partial charge in [0, 0.05) is 22.0 Å². The zero-order chi connectivity index (χ0) is 26.0. The summed E-state index contributed by atoms with van der Waals surface area (Å²) in [5.41, 5.74) is 4.80. The van der Waals surface area contributed by atoms with Gasteiger partial charge in [0.2, 0.25) is 0 Å². The van der Waals surface area contributed by atoms with Crippen LogP contribution in [0.15, 0.2) is 60.2 Å². The monoisotopic (exact) mass is 522 g/mol. The molecule has 0 aliphatic carbocycles. The van der Waals surface area contributed by atoms with E-state index in [9.17, 15) is 14.4 Å². The van der Waals surface area contributed by atoms with E-state index in [1.165, 1.54) is 18.2 Å². The average molecular weight is 523 g/mol. The van der Waals surface area contributed by atoms with Crippen molar-refractivity contribution >= 4 is 52.8 Å². The van der Waals surface area contributed by atoms with E-state index in [2.05, 4.69) is 23.5 Å². The molecule has 1 saturated heterocycles. The third-order valence-electron chi connectivity index (χ3n) is 5.64. The molecule has 3 aromatic carbocycles. The lowest BCUT2D eigenvalue weighted by Gasteiger charge is -2.26. The molecule has 0 atom stereocenters. The topological polar surface area (TPSA) is 75.7 Å². The highest BCUT2D eigenvalue weighted by atomic mass is 35.5. The number of carbonyl (C=O) groups excluding carboxylic acids is 3. The Hall–Kier alpha value is -3.61. The number of nitrogens with zero attached hydrogens (tertiary/aromatic N) is 1. The third kappa shape index (κ3) is 5.45. The largest absolute Gasteiger partial charge is 0.494 e. The molecule has 184 valence electrons. The van der Waals surface area contributed by atoms with Crippen molar-refractivity contribution in [3.8, 4) is 5.75 Å². The number of nitrogens with one attached hydrogen (secondary N) is 1. The van der Waals surface area contributed by atoms with Gasteiger partial charge in [-0.3, -0.25) is 14.9 Å². The number of rotatable bonds is 6. The molecule has 1 aliphatic heterocycles. The van der Waals surface area contributed by atoms with Gasteiger partial charge in [-0.2, -0.15) is 0 Å². The Morgan fingerprint density at radius 2 is 1.61 bits per heavy atom. The highest BCUT2D eigenvalue weighted by Gasteiger charge is 2.36. The maximum atomic E-state index is 13.2. The van der Waals surface area contributed by atoms with E-state index < -0.39 is 17.8 Å². The number of amides is 4. The van der Waals surface area contributed by atoms with Crippen molar-refractivity contribution in [2.45, 2.75) is 27.2 Å². The van der Waals surface area contributed by atoms with Gasteiger partial charge >= 0.3 is 6.03 Å². The van der Waals surface area contributed by atoms with Crippen molar-refractivity contribution < 1.29 is 19.1 Å². The molecule has 1 aliphatic rings. The minimum absolute atomic E-state index is 0.204. The van der Waals surface area contributed by atoms with Crippen molar-refractivity contribution in [1.29, 1.82) is 0 Å². The van der Waals surface area contributed by atoms with Gasteiger partial charge in [0.15, 0.2) is 0 Å². The summed E-state index contributed by atoms with van der Waals surface area (Å²) in [6.07, 6.45) is 1.97. The maximum absolute atomic E-state index is 13.2. The number of carbonyl (C=O) groups is 3. The second-order valence-electron chi connectivity index (χ2n) is 8.52. The molecule has 1 fully saturated rings. The van der Waals surface area contributed by atoms with Gasteiger partial charge in [0.25, 0.3) is 11.8 Å². The fourth-order valence-corrected chi connectivity index (χ4v) is 4.61. The summed E-state index contributed by atoms with van der Waals surface area (Å²) in [6.45, 7) is 6.37. The first-order valence-corrected chi connectivity index (χ1v) is 12.1. The van der Waals surface area contributed by atoms with Crippen LogP contribution in [0.1, 0.15) is 34.7 Å². The predicted molar refractivity (Wildman–Crippen MR) is 142 cm³/mol. The smallest absolute Gasteiger partial charge is 0.335 e. The van der Waals surface area contributed by atoms with Crippen LogP contribution in [0.5, 0.6) is 5.75 Å². The summed E-state index contributed by atoms with van der Waals surface area (Å²) >= 11 is 12.6. The van der Waals surface area contributed by atoms with Crippen LogP contribution in [-0.4, -0.2) is 24.5 Å². The van der Waals surface area contributed by atoms with E-state index in [1.807, 2.05) is 20.8 Å². The molecule has 1 N–H and O–H groups in total. The van der Waals surface area contributed by atoms with Crippen LogP contribution >= 0.6 is 23.2 Å². The highest BCUT2D eigenvalue weighted by molar-refractivity contribution is 6.39. The molecule has 0 radical (unpaired) electrons. The molecule has 4 amide bonds. The number of anilines is 1. The van der Waals surface area contributed by atoms with Crippen LogP contribution in [-0.2, 0) is 16.0 Å². The Kier molecular flexibility index (Phi) is 7.48. The predicted octanol–water partition coefficient (Wildman–Crippen LogP) is 6.27. The number of halogens is 2. The summed E-state index contributed by atoms with van der Waals surface area (Å²) in [4.78, 5) is 39.1. The minimum Gasteiger partial charge on any atom is -0.494 e. The Labute approximate surface area is 219 Å². The summed E-state index contributed by atoms with van der Waals surface area (Å²) < 4.78 is 5.88. The summed E-state index contributed by atoms with van der Waals surface area (Å²) in [5, 5.41) is 3.11. The quantitative estimate of drug-likeness (QED) is 0.306. The van der Waals surface area contributed by atoms with E-state index >= 15 is 0 Å². The number of hydrogen-bond donors (Lipinski definition) is 1. The first-order valence-electron chi connectivity index (χ1n) is 11.4. The van der Waals surface area contributed by atoms with E-state index in [0.29, 0.717) is 34.4 Å². The summed E-state index contributed by atoms with van der Waals surface area (Å²) in [6, 6.07) is 15.1. The van der Waals surface area contributed by atoms with Crippen molar-refractivity contribution in [3.05, 3.63) is 98.0 Å². The van der Waals surface area contributed by atoms with Crippen LogP contribution in [0.4, 0.5) is 10.5 Å². The lowest BCUT2D eigenvalue weighted by atomic mass is 9.98. The number of hydrogen-bond acceptors (Lipinski definition) is 4. The van der Waals surface area contributed by atoms with Crippen molar-refractivity contribution in [2.75, 3.05) is 11.5 Å². The minimum atomic E-state index is -0.832. The zero-order valence-corrected chi connectivity index (χ0v) is 21.5. The molecule has 0 aromatic heterocycles. The number of imide groups is 2. The molecule has 0 unspecified atom stereocenters. The van der Waals surface area contributed by atoms with Gasteiger partial charge in [-0.15, -0.1) is 0 Å². The van der Waals surface area contributed by atoms with Gasteiger partial charge in [0.05, 0.1) is 12.3 Å². The third-order valence-corrected chi connectivity index (χ3v) is 6.23. The van der Waals surface area contributed by atoms with Gasteiger partial charge in [-0.05, 0) is 74.4 Å². The van der Waals surface area contributed by atoms with Crippen LogP contribution in [0.2, 0.25) is 10.0 Å². The van der Waals surface area contributed by atoms with Crippen molar-refractivity contribution in [1.82, 2.24) is 5.32 Å². The summed E-state index contributed by atoms with van der Waals surface area (Å²) in [7, 11) is 0. The van der Waals surface area contributed by atoms with Crippen molar-refractivity contribution in [3.63, 3.8) is 0 Å². The molecule has 0 spiro atoms. The number of aryl methyl sites for hydroxylation is 2. The fraction of sp³-hybridized carbons (Fsp3) is 0.179. The number of benzene rings is 3. The van der Waals surface area contributed by atoms with E-state index in [-0.39, 0.29) is 11.3 Å².